The molecule has 2 heterocycles. The van der Waals surface area contributed by atoms with Crippen LogP contribution in [0, 0.1) is 5.82 Å². The zero-order valence-corrected chi connectivity index (χ0v) is 15.1. The van der Waals surface area contributed by atoms with E-state index in [1.54, 1.807) is 7.05 Å². The number of nitrogens with zero attached hydrogens (tertiary/aromatic N) is 3. The van der Waals surface area contributed by atoms with Gasteiger partial charge in [0, 0.05) is 24.7 Å². The lowest BCUT2D eigenvalue weighted by Crippen LogP contribution is -2.36. The fourth-order valence-corrected chi connectivity index (χ4v) is 3.22. The molecular weight excluding hydrogens is 363 g/mol. The number of likely N-dealkylation sites (N-methyl/N-ethyl adjacent to an activating group) is 1. The van der Waals surface area contributed by atoms with Gasteiger partial charge in [-0.2, -0.15) is 4.98 Å². The van der Waals surface area contributed by atoms with Crippen LogP contribution in [-0.4, -0.2) is 33.9 Å². The van der Waals surface area contributed by atoms with Crippen molar-refractivity contribution < 1.29 is 18.5 Å². The van der Waals surface area contributed by atoms with E-state index in [9.17, 15) is 14.0 Å². The van der Waals surface area contributed by atoms with Crippen molar-refractivity contribution in [3.05, 3.63) is 65.7 Å². The van der Waals surface area contributed by atoms with Crippen molar-refractivity contribution in [3.63, 3.8) is 0 Å². The van der Waals surface area contributed by atoms with E-state index in [1.165, 1.54) is 23.1 Å². The van der Waals surface area contributed by atoms with E-state index in [1.807, 2.05) is 30.3 Å². The first-order valence-electron chi connectivity index (χ1n) is 8.73. The molecule has 0 saturated carbocycles. The number of nitrogens with one attached hydrogen (secondary N) is 1. The zero-order chi connectivity index (χ0) is 19.7. The van der Waals surface area contributed by atoms with Crippen molar-refractivity contribution in [2.75, 3.05) is 12.4 Å². The smallest absolute Gasteiger partial charge is 0.257 e. The maximum atomic E-state index is 13.7. The SMILES string of the molecule is CN(Cc1noc(-c2ccccc2)n1)C(=O)C1CC(=O)Nc2ccc(F)cc21. The minimum Gasteiger partial charge on any atom is -0.338 e. The average Bonchev–Trinajstić information content (AvgIpc) is 3.16. The molecule has 2 aromatic carbocycles. The largest absolute Gasteiger partial charge is 0.338 e. The molecule has 7 nitrogen and oxygen atoms in total. The van der Waals surface area contributed by atoms with E-state index in [4.69, 9.17) is 4.52 Å². The van der Waals surface area contributed by atoms with Gasteiger partial charge in [-0.15, -0.1) is 0 Å². The first-order chi connectivity index (χ1) is 13.5. The van der Waals surface area contributed by atoms with Gasteiger partial charge in [0.2, 0.25) is 11.8 Å². The van der Waals surface area contributed by atoms with Crippen LogP contribution in [0.4, 0.5) is 10.1 Å². The molecule has 0 radical (unpaired) electrons. The molecule has 1 aromatic heterocycles. The van der Waals surface area contributed by atoms with E-state index in [-0.39, 0.29) is 24.8 Å². The van der Waals surface area contributed by atoms with Gasteiger partial charge in [-0.3, -0.25) is 9.59 Å². The average molecular weight is 380 g/mol. The summed E-state index contributed by atoms with van der Waals surface area (Å²) >= 11 is 0. The molecule has 142 valence electrons. The molecule has 2 amide bonds. The lowest BCUT2D eigenvalue weighted by Gasteiger charge is -2.28. The molecule has 1 aliphatic heterocycles. The Balaban J connectivity index is 1.52. The molecule has 1 aliphatic rings. The van der Waals surface area contributed by atoms with Crippen LogP contribution in [0.2, 0.25) is 0 Å². The van der Waals surface area contributed by atoms with Crippen molar-refractivity contribution in [1.82, 2.24) is 15.0 Å². The van der Waals surface area contributed by atoms with Gasteiger partial charge in [0.1, 0.15) is 5.82 Å². The Kier molecular flexibility index (Phi) is 4.60. The molecule has 0 fully saturated rings. The first kappa shape index (κ1) is 17.8. The Bertz CT molecular complexity index is 1030. The summed E-state index contributed by atoms with van der Waals surface area (Å²) < 4.78 is 18.9. The summed E-state index contributed by atoms with van der Waals surface area (Å²) in [5, 5.41) is 6.58. The summed E-state index contributed by atoms with van der Waals surface area (Å²) in [6.07, 6.45) is -0.0405. The maximum absolute atomic E-state index is 13.7. The fraction of sp³-hybridized carbons (Fsp3) is 0.200. The maximum Gasteiger partial charge on any atom is 0.257 e. The third-order valence-corrected chi connectivity index (χ3v) is 4.59. The molecule has 0 saturated heterocycles. The van der Waals surface area contributed by atoms with Crippen LogP contribution >= 0.6 is 0 Å². The third kappa shape index (κ3) is 3.48. The predicted octanol–water partition coefficient (Wildman–Crippen LogP) is 2.96. The van der Waals surface area contributed by atoms with Crippen LogP contribution < -0.4 is 5.32 Å². The number of amides is 2. The molecule has 3 aromatic rings. The number of halogens is 1. The van der Waals surface area contributed by atoms with Crippen LogP contribution in [0.1, 0.15) is 23.7 Å². The van der Waals surface area contributed by atoms with Gasteiger partial charge in [0.25, 0.3) is 5.89 Å². The second-order valence-electron chi connectivity index (χ2n) is 6.61. The second kappa shape index (κ2) is 7.22. The van der Waals surface area contributed by atoms with Crippen molar-refractivity contribution in [3.8, 4) is 11.5 Å². The molecule has 0 aliphatic carbocycles. The highest BCUT2D eigenvalue weighted by molar-refractivity contribution is 6.01. The van der Waals surface area contributed by atoms with E-state index in [2.05, 4.69) is 15.5 Å². The minimum atomic E-state index is -0.759. The molecule has 0 spiro atoms. The highest BCUT2D eigenvalue weighted by atomic mass is 19.1. The Morgan fingerprint density at radius 1 is 1.29 bits per heavy atom. The monoisotopic (exact) mass is 380 g/mol. The van der Waals surface area contributed by atoms with Crippen molar-refractivity contribution >= 4 is 17.5 Å². The predicted molar refractivity (Wildman–Crippen MR) is 98.6 cm³/mol. The number of anilines is 1. The number of carbonyl (C=O) groups is 2. The van der Waals surface area contributed by atoms with Gasteiger partial charge in [0.05, 0.1) is 12.5 Å². The van der Waals surface area contributed by atoms with Crippen LogP contribution in [0.3, 0.4) is 0 Å². The number of hydrogen-bond acceptors (Lipinski definition) is 5. The molecule has 8 heteroatoms. The lowest BCUT2D eigenvalue weighted by molar-refractivity contribution is -0.134. The van der Waals surface area contributed by atoms with Gasteiger partial charge in [-0.1, -0.05) is 23.4 Å². The topological polar surface area (TPSA) is 88.3 Å². The number of rotatable bonds is 4. The number of carbonyl (C=O) groups excluding carboxylic acids is 2. The number of aromatic nitrogens is 2. The number of benzene rings is 2. The highest BCUT2D eigenvalue weighted by Gasteiger charge is 2.33. The molecule has 1 N–H and O–H groups in total. The minimum absolute atomic E-state index is 0.0405. The quantitative estimate of drug-likeness (QED) is 0.752. The Morgan fingerprint density at radius 2 is 2.07 bits per heavy atom. The summed E-state index contributed by atoms with van der Waals surface area (Å²) in [6.45, 7) is 0.109. The van der Waals surface area contributed by atoms with E-state index < -0.39 is 11.7 Å². The van der Waals surface area contributed by atoms with Gasteiger partial charge in [0.15, 0.2) is 5.82 Å². The van der Waals surface area contributed by atoms with Gasteiger partial charge in [-0.05, 0) is 35.9 Å². The van der Waals surface area contributed by atoms with E-state index >= 15 is 0 Å². The van der Waals surface area contributed by atoms with Crippen LogP contribution in [0.25, 0.3) is 11.5 Å². The highest BCUT2D eigenvalue weighted by Crippen LogP contribution is 2.34. The van der Waals surface area contributed by atoms with Crippen LogP contribution in [0.15, 0.2) is 53.1 Å². The van der Waals surface area contributed by atoms with Crippen molar-refractivity contribution in [2.45, 2.75) is 18.9 Å². The summed E-state index contributed by atoms with van der Waals surface area (Å²) in [5.41, 5.74) is 1.70. The van der Waals surface area contributed by atoms with Crippen LogP contribution in [0.5, 0.6) is 0 Å². The van der Waals surface area contributed by atoms with Crippen molar-refractivity contribution in [1.29, 1.82) is 0 Å². The fourth-order valence-electron chi connectivity index (χ4n) is 3.22. The molecule has 28 heavy (non-hydrogen) atoms. The second-order valence-corrected chi connectivity index (χ2v) is 6.61. The first-order valence-corrected chi connectivity index (χ1v) is 8.73. The van der Waals surface area contributed by atoms with Gasteiger partial charge >= 0.3 is 0 Å². The van der Waals surface area contributed by atoms with Crippen molar-refractivity contribution in [2.24, 2.45) is 0 Å². The summed E-state index contributed by atoms with van der Waals surface area (Å²) in [6, 6.07) is 13.3. The summed E-state index contributed by atoms with van der Waals surface area (Å²) in [7, 11) is 1.59. The van der Waals surface area contributed by atoms with E-state index in [0.29, 0.717) is 23.0 Å². The summed E-state index contributed by atoms with van der Waals surface area (Å²) in [5.74, 6) is -1.11. The van der Waals surface area contributed by atoms with Crippen LogP contribution in [-0.2, 0) is 16.1 Å². The Hall–Kier alpha value is -3.55. The van der Waals surface area contributed by atoms with Gasteiger partial charge in [-0.25, -0.2) is 4.39 Å². The Labute approximate surface area is 160 Å². The standard InChI is InChI=1S/C20H17FN4O3/c1-25(11-17-23-19(28-24-17)12-5-3-2-4-6-12)20(27)15-10-18(26)22-16-8-7-13(21)9-14(15)16/h2-9,15H,10-11H2,1H3,(H,22,26). The third-order valence-electron chi connectivity index (χ3n) is 4.59. The van der Waals surface area contributed by atoms with E-state index in [0.717, 1.165) is 5.56 Å². The normalized spacial score (nSPS) is 15.6. The summed E-state index contributed by atoms with van der Waals surface area (Å²) in [4.78, 5) is 30.6. The molecule has 4 rings (SSSR count). The number of fused-ring (bicyclic) bond motifs is 1. The molecule has 1 unspecified atom stereocenters. The molecule has 0 bridgehead atoms. The zero-order valence-electron chi connectivity index (χ0n) is 15.1. The Morgan fingerprint density at radius 3 is 2.86 bits per heavy atom. The lowest BCUT2D eigenvalue weighted by atomic mass is 9.89. The number of hydrogen-bond donors (Lipinski definition) is 1. The molecule has 1 atom stereocenters. The van der Waals surface area contributed by atoms with Gasteiger partial charge < -0.3 is 14.7 Å². The molecular formula is C20H17FN4O3.